The van der Waals surface area contributed by atoms with Gasteiger partial charge in [-0.15, -0.1) is 0 Å². The van der Waals surface area contributed by atoms with Crippen molar-refractivity contribution < 1.29 is 9.53 Å². The number of carbonyl (C=O) groups is 1. The van der Waals surface area contributed by atoms with Gasteiger partial charge in [0.2, 0.25) is 0 Å². The molecule has 0 atom stereocenters. The van der Waals surface area contributed by atoms with Crippen LogP contribution in [0.1, 0.15) is 16.8 Å². The van der Waals surface area contributed by atoms with E-state index in [0.29, 0.717) is 17.9 Å². The normalized spacial score (nSPS) is 10.2. The fourth-order valence-corrected chi connectivity index (χ4v) is 1.67. The summed E-state index contributed by atoms with van der Waals surface area (Å²) < 4.78 is 4.99. The number of ether oxygens (including phenoxy) is 1. The summed E-state index contributed by atoms with van der Waals surface area (Å²) in [5, 5.41) is 0. The average Bonchev–Trinajstić information content (AvgIpc) is 2.29. The van der Waals surface area contributed by atoms with Gasteiger partial charge in [0.25, 0.3) is 5.91 Å². The quantitative estimate of drug-likeness (QED) is 0.567. The van der Waals surface area contributed by atoms with Crippen molar-refractivity contribution in [2.75, 3.05) is 37.9 Å². The maximum atomic E-state index is 11.2. The van der Waals surface area contributed by atoms with Crippen molar-refractivity contribution in [1.29, 1.82) is 0 Å². The highest BCUT2D eigenvalue weighted by molar-refractivity contribution is 6.00. The molecule has 5 nitrogen and oxygen atoms in total. The Morgan fingerprint density at radius 2 is 2.18 bits per heavy atom. The number of primary amides is 1. The summed E-state index contributed by atoms with van der Waals surface area (Å²) >= 11 is 0. The van der Waals surface area contributed by atoms with Crippen LogP contribution in [-0.4, -0.2) is 33.2 Å². The lowest BCUT2D eigenvalue weighted by atomic mass is 10.1. The maximum Gasteiger partial charge on any atom is 0.250 e. The van der Waals surface area contributed by atoms with E-state index in [1.54, 1.807) is 19.2 Å². The maximum absolute atomic E-state index is 11.2. The molecule has 1 aromatic carbocycles. The lowest BCUT2D eigenvalue weighted by Crippen LogP contribution is -2.22. The van der Waals surface area contributed by atoms with Crippen molar-refractivity contribution in [3.8, 4) is 0 Å². The van der Waals surface area contributed by atoms with E-state index in [2.05, 4.69) is 0 Å². The Morgan fingerprint density at radius 1 is 1.47 bits per heavy atom. The van der Waals surface area contributed by atoms with Gasteiger partial charge in [0.15, 0.2) is 0 Å². The third kappa shape index (κ3) is 3.35. The van der Waals surface area contributed by atoms with Gasteiger partial charge < -0.3 is 21.1 Å². The third-order valence-electron chi connectivity index (χ3n) is 2.60. The summed E-state index contributed by atoms with van der Waals surface area (Å²) in [6.45, 7) is 1.50. The summed E-state index contributed by atoms with van der Waals surface area (Å²) in [5.74, 6) is -0.505. The van der Waals surface area contributed by atoms with Crippen molar-refractivity contribution >= 4 is 17.3 Å². The Morgan fingerprint density at radius 3 is 2.76 bits per heavy atom. The average molecular weight is 237 g/mol. The SMILES string of the molecule is COCCCN(C)c1cccc(C(N)=O)c1N. The van der Waals surface area contributed by atoms with E-state index >= 15 is 0 Å². The Kier molecular flexibility index (Phi) is 4.78. The van der Waals surface area contributed by atoms with Crippen LogP contribution < -0.4 is 16.4 Å². The number of carbonyl (C=O) groups excluding carboxylic acids is 1. The monoisotopic (exact) mass is 237 g/mol. The van der Waals surface area contributed by atoms with Crippen molar-refractivity contribution in [2.45, 2.75) is 6.42 Å². The molecule has 1 rings (SSSR count). The lowest BCUT2D eigenvalue weighted by molar-refractivity contribution is 0.100. The first-order valence-corrected chi connectivity index (χ1v) is 5.46. The van der Waals surface area contributed by atoms with Gasteiger partial charge in [-0.3, -0.25) is 4.79 Å². The smallest absolute Gasteiger partial charge is 0.250 e. The van der Waals surface area contributed by atoms with Crippen molar-refractivity contribution in [1.82, 2.24) is 0 Å². The first kappa shape index (κ1) is 13.3. The molecule has 1 aromatic rings. The minimum atomic E-state index is -0.505. The van der Waals surface area contributed by atoms with Gasteiger partial charge in [-0.2, -0.15) is 0 Å². The minimum Gasteiger partial charge on any atom is -0.396 e. The molecule has 5 heteroatoms. The number of anilines is 2. The molecular formula is C12H19N3O2. The molecule has 0 aromatic heterocycles. The van der Waals surface area contributed by atoms with E-state index in [-0.39, 0.29) is 0 Å². The predicted molar refractivity (Wildman–Crippen MR) is 69.1 cm³/mol. The molecule has 0 aliphatic heterocycles. The third-order valence-corrected chi connectivity index (χ3v) is 2.60. The Hall–Kier alpha value is -1.75. The summed E-state index contributed by atoms with van der Waals surface area (Å²) in [6.07, 6.45) is 0.896. The largest absolute Gasteiger partial charge is 0.396 e. The molecule has 0 saturated heterocycles. The number of nitrogens with two attached hydrogens (primary N) is 2. The minimum absolute atomic E-state index is 0.362. The Labute approximate surface area is 101 Å². The fourth-order valence-electron chi connectivity index (χ4n) is 1.67. The van der Waals surface area contributed by atoms with Gasteiger partial charge in [0, 0.05) is 27.3 Å². The van der Waals surface area contributed by atoms with E-state index < -0.39 is 5.91 Å². The highest BCUT2D eigenvalue weighted by atomic mass is 16.5. The molecule has 17 heavy (non-hydrogen) atoms. The molecular weight excluding hydrogens is 218 g/mol. The number of hydrogen-bond donors (Lipinski definition) is 2. The molecule has 0 bridgehead atoms. The van der Waals surface area contributed by atoms with Crippen LogP contribution in [0, 0.1) is 0 Å². The number of nitrogen functional groups attached to an aromatic ring is 1. The number of amides is 1. The highest BCUT2D eigenvalue weighted by Crippen LogP contribution is 2.25. The number of para-hydroxylation sites is 1. The van der Waals surface area contributed by atoms with Gasteiger partial charge in [-0.25, -0.2) is 0 Å². The Bertz CT molecular complexity index is 393. The number of methoxy groups -OCH3 is 1. The van der Waals surface area contributed by atoms with Gasteiger partial charge in [-0.1, -0.05) is 6.07 Å². The van der Waals surface area contributed by atoms with Gasteiger partial charge in [-0.05, 0) is 18.6 Å². The zero-order valence-electron chi connectivity index (χ0n) is 10.3. The van der Waals surface area contributed by atoms with E-state index in [9.17, 15) is 4.79 Å². The van der Waals surface area contributed by atoms with Gasteiger partial charge in [0.05, 0.1) is 16.9 Å². The molecule has 1 amide bonds. The molecule has 4 N–H and O–H groups in total. The van der Waals surface area contributed by atoms with Gasteiger partial charge >= 0.3 is 0 Å². The van der Waals surface area contributed by atoms with Crippen molar-refractivity contribution in [2.24, 2.45) is 5.73 Å². The van der Waals surface area contributed by atoms with Crippen molar-refractivity contribution in [3.05, 3.63) is 23.8 Å². The molecule has 0 fully saturated rings. The van der Waals surface area contributed by atoms with Crippen LogP contribution in [0.25, 0.3) is 0 Å². The van der Waals surface area contributed by atoms with Crippen LogP contribution in [0.5, 0.6) is 0 Å². The highest BCUT2D eigenvalue weighted by Gasteiger charge is 2.11. The second kappa shape index (κ2) is 6.10. The molecule has 0 heterocycles. The first-order chi connectivity index (χ1) is 8.07. The van der Waals surface area contributed by atoms with E-state index in [1.807, 2.05) is 18.0 Å². The van der Waals surface area contributed by atoms with Crippen LogP contribution in [0.3, 0.4) is 0 Å². The molecule has 0 spiro atoms. The molecule has 0 aliphatic rings. The van der Waals surface area contributed by atoms with E-state index in [4.69, 9.17) is 16.2 Å². The first-order valence-electron chi connectivity index (χ1n) is 5.46. The number of benzene rings is 1. The van der Waals surface area contributed by atoms with Crippen LogP contribution in [-0.2, 0) is 4.74 Å². The van der Waals surface area contributed by atoms with E-state index in [1.165, 1.54) is 0 Å². The summed E-state index contributed by atoms with van der Waals surface area (Å²) in [7, 11) is 3.59. The molecule has 0 aliphatic carbocycles. The molecule has 0 saturated carbocycles. The fraction of sp³-hybridized carbons (Fsp3) is 0.417. The van der Waals surface area contributed by atoms with E-state index in [0.717, 1.165) is 18.7 Å². The summed E-state index contributed by atoms with van der Waals surface area (Å²) in [6, 6.07) is 5.28. The van der Waals surface area contributed by atoms with Crippen LogP contribution >= 0.6 is 0 Å². The summed E-state index contributed by atoms with van der Waals surface area (Å²) in [5.41, 5.74) is 12.8. The lowest BCUT2D eigenvalue weighted by Gasteiger charge is -2.21. The van der Waals surface area contributed by atoms with Gasteiger partial charge in [0.1, 0.15) is 0 Å². The summed E-state index contributed by atoms with van der Waals surface area (Å²) in [4.78, 5) is 13.1. The number of nitrogens with zero attached hydrogens (tertiary/aromatic N) is 1. The van der Waals surface area contributed by atoms with Crippen LogP contribution in [0.4, 0.5) is 11.4 Å². The number of rotatable bonds is 6. The standard InChI is InChI=1S/C12H19N3O2/c1-15(7-4-8-17-2)10-6-3-5-9(11(10)13)12(14)16/h3,5-6H,4,7-8,13H2,1-2H3,(H2,14,16). The molecule has 0 unspecified atom stereocenters. The zero-order valence-corrected chi connectivity index (χ0v) is 10.3. The van der Waals surface area contributed by atoms with Crippen LogP contribution in [0.2, 0.25) is 0 Å². The topological polar surface area (TPSA) is 81.6 Å². The number of hydrogen-bond acceptors (Lipinski definition) is 4. The van der Waals surface area contributed by atoms with Crippen LogP contribution in [0.15, 0.2) is 18.2 Å². The predicted octanol–water partition coefficient (Wildman–Crippen LogP) is 0.840. The second-order valence-electron chi connectivity index (χ2n) is 3.87. The molecule has 94 valence electrons. The molecule has 0 radical (unpaired) electrons. The van der Waals surface area contributed by atoms with Crippen molar-refractivity contribution in [3.63, 3.8) is 0 Å². The zero-order chi connectivity index (χ0) is 12.8. The Balaban J connectivity index is 2.83. The second-order valence-corrected chi connectivity index (χ2v) is 3.87.